The number of aromatic nitrogens is 3. The number of hydrogen-bond acceptors (Lipinski definition) is 5. The van der Waals surface area contributed by atoms with Gasteiger partial charge in [-0.3, -0.25) is 9.36 Å². The topological polar surface area (TPSA) is 86.4 Å². The van der Waals surface area contributed by atoms with E-state index in [1.165, 1.54) is 23.9 Å². The predicted octanol–water partition coefficient (Wildman–Crippen LogP) is 6.70. The Labute approximate surface area is 250 Å². The van der Waals surface area contributed by atoms with E-state index in [0.29, 0.717) is 53.9 Å². The third-order valence-corrected chi connectivity index (χ3v) is 8.09. The molecule has 1 aliphatic rings. The second-order valence-corrected chi connectivity index (χ2v) is 10.8. The normalized spacial score (nSPS) is 13.6. The maximum atomic E-state index is 13.9. The van der Waals surface area contributed by atoms with E-state index in [2.05, 4.69) is 4.98 Å². The summed E-state index contributed by atoms with van der Waals surface area (Å²) in [6, 6.07) is 15.1. The first kappa shape index (κ1) is 29.2. The molecule has 2 aromatic heterocycles. The number of esters is 1. The molecule has 226 valence electrons. The van der Waals surface area contributed by atoms with Crippen LogP contribution in [0.1, 0.15) is 63.0 Å². The Morgan fingerprint density at radius 1 is 0.932 bits per heavy atom. The van der Waals surface area contributed by atoms with Crippen LogP contribution in [0.3, 0.4) is 0 Å². The molecule has 0 atom stereocenters. The van der Waals surface area contributed by atoms with Gasteiger partial charge in [-0.15, -0.1) is 0 Å². The molecular formula is C33H29F3N4O4. The zero-order valence-corrected chi connectivity index (χ0v) is 24.1. The van der Waals surface area contributed by atoms with Gasteiger partial charge < -0.3 is 14.2 Å². The summed E-state index contributed by atoms with van der Waals surface area (Å²) in [4.78, 5) is 46.1. The van der Waals surface area contributed by atoms with Gasteiger partial charge in [0, 0.05) is 48.8 Å². The lowest BCUT2D eigenvalue weighted by Gasteiger charge is -2.16. The number of carbonyl (C=O) groups is 3. The van der Waals surface area contributed by atoms with Crippen LogP contribution in [-0.4, -0.2) is 57.0 Å². The molecule has 8 nitrogen and oxygen atoms in total. The third-order valence-electron chi connectivity index (χ3n) is 8.09. The summed E-state index contributed by atoms with van der Waals surface area (Å²) < 4.78 is 48.0. The molecule has 5 aromatic rings. The first-order valence-corrected chi connectivity index (χ1v) is 14.3. The van der Waals surface area contributed by atoms with Crippen molar-refractivity contribution in [1.82, 2.24) is 19.0 Å². The van der Waals surface area contributed by atoms with Crippen LogP contribution in [0.2, 0.25) is 0 Å². The second kappa shape index (κ2) is 11.3. The minimum atomic E-state index is -4.46. The Kier molecular flexibility index (Phi) is 7.48. The van der Waals surface area contributed by atoms with Crippen molar-refractivity contribution in [1.29, 1.82) is 0 Å². The van der Waals surface area contributed by atoms with Gasteiger partial charge in [0.25, 0.3) is 0 Å². The minimum Gasteiger partial charge on any atom is -0.465 e. The number of ketones is 1. The summed E-state index contributed by atoms with van der Waals surface area (Å²) in [5, 5.41) is 0.344. The van der Waals surface area contributed by atoms with Crippen LogP contribution in [0.15, 0.2) is 66.9 Å². The van der Waals surface area contributed by atoms with Crippen molar-refractivity contribution < 1.29 is 32.3 Å². The number of rotatable bonds is 6. The fraction of sp³-hybridized carbons (Fsp3) is 0.273. The van der Waals surface area contributed by atoms with Crippen LogP contribution >= 0.6 is 0 Å². The average Bonchev–Trinajstić information content (AvgIpc) is 3.78. The number of ether oxygens (including phenoxy) is 1. The first-order chi connectivity index (χ1) is 21.1. The minimum absolute atomic E-state index is 0.186. The smallest absolute Gasteiger partial charge is 0.416 e. The summed E-state index contributed by atoms with van der Waals surface area (Å²) in [5.41, 5.74) is 2.10. The molecule has 0 saturated carbocycles. The van der Waals surface area contributed by atoms with Crippen LogP contribution in [0.25, 0.3) is 21.9 Å². The monoisotopic (exact) mass is 602 g/mol. The number of nitrogens with zero attached hydrogens (tertiary/aromatic N) is 4. The van der Waals surface area contributed by atoms with Crippen LogP contribution in [0.4, 0.5) is 18.0 Å². The van der Waals surface area contributed by atoms with Crippen molar-refractivity contribution in [2.24, 2.45) is 0 Å². The van der Waals surface area contributed by atoms with Crippen LogP contribution in [0.5, 0.6) is 0 Å². The van der Waals surface area contributed by atoms with E-state index >= 15 is 0 Å². The van der Waals surface area contributed by atoms with Gasteiger partial charge in [-0.05, 0) is 48.7 Å². The summed E-state index contributed by atoms with van der Waals surface area (Å²) >= 11 is 0. The molecule has 1 amide bonds. The molecule has 6 rings (SSSR count). The molecule has 0 radical (unpaired) electrons. The van der Waals surface area contributed by atoms with E-state index in [0.717, 1.165) is 30.5 Å². The highest BCUT2D eigenvalue weighted by Gasteiger charge is 2.31. The lowest BCUT2D eigenvalue weighted by atomic mass is 9.98. The molecule has 3 aromatic carbocycles. The summed E-state index contributed by atoms with van der Waals surface area (Å²) in [6.45, 7) is 3.47. The Morgan fingerprint density at radius 3 is 2.32 bits per heavy atom. The molecule has 3 heterocycles. The number of benzene rings is 3. The fourth-order valence-corrected chi connectivity index (χ4v) is 5.86. The number of fused-ring (bicyclic) bond motifs is 2. The van der Waals surface area contributed by atoms with Gasteiger partial charge in [0.05, 0.1) is 34.8 Å². The number of alkyl halides is 3. The zero-order chi connectivity index (χ0) is 31.2. The lowest BCUT2D eigenvalue weighted by Crippen LogP contribution is -2.31. The number of likely N-dealkylation sites (tertiary alicyclic amines) is 1. The van der Waals surface area contributed by atoms with Gasteiger partial charge in [0.1, 0.15) is 5.82 Å². The van der Waals surface area contributed by atoms with Gasteiger partial charge in [0.2, 0.25) is 0 Å². The first-order valence-electron chi connectivity index (χ1n) is 14.3. The van der Waals surface area contributed by atoms with Gasteiger partial charge in [0.15, 0.2) is 5.78 Å². The number of hydrogen-bond donors (Lipinski definition) is 0. The van der Waals surface area contributed by atoms with E-state index in [4.69, 9.17) is 4.74 Å². The number of imidazole rings is 1. The van der Waals surface area contributed by atoms with E-state index in [-0.39, 0.29) is 28.5 Å². The number of methoxy groups -OCH3 is 1. The average molecular weight is 603 g/mol. The fourth-order valence-electron chi connectivity index (χ4n) is 5.86. The Morgan fingerprint density at radius 2 is 1.66 bits per heavy atom. The van der Waals surface area contributed by atoms with Gasteiger partial charge in [-0.2, -0.15) is 13.2 Å². The van der Waals surface area contributed by atoms with Crippen molar-refractivity contribution in [2.45, 2.75) is 38.9 Å². The quantitative estimate of drug-likeness (QED) is 0.159. The second-order valence-electron chi connectivity index (χ2n) is 10.8. The summed E-state index contributed by atoms with van der Waals surface area (Å²) in [5.74, 6) is -0.341. The molecular weight excluding hydrogens is 573 g/mol. The van der Waals surface area contributed by atoms with E-state index in [9.17, 15) is 27.6 Å². The van der Waals surface area contributed by atoms with E-state index < -0.39 is 17.7 Å². The third kappa shape index (κ3) is 5.12. The Bertz CT molecular complexity index is 1920. The van der Waals surface area contributed by atoms with Crippen LogP contribution in [0, 0.1) is 0 Å². The maximum Gasteiger partial charge on any atom is 0.416 e. The molecule has 0 unspecified atom stereocenters. The number of aryl methyl sites for hydroxylation is 1. The Balaban J connectivity index is 1.35. The van der Waals surface area contributed by atoms with Crippen LogP contribution in [-0.2, 0) is 23.9 Å². The zero-order valence-electron chi connectivity index (χ0n) is 24.1. The SMILES string of the molecule is CCc1nc2cc(C(F)(F)F)ccc2n1Cc1ccc(C(=O)c2cn(C(=O)N3CCCC3)c3cccc(C(=O)OC)c23)cc1. The number of carbonyl (C=O) groups excluding carboxylic acids is 3. The standard InChI is InChI=1S/C33H29F3N4O4/c1-3-28-37-25-17-22(33(34,35)36)13-14-26(25)39(28)18-20-9-11-21(12-10-20)30(41)24-19-40(32(43)38-15-4-5-16-38)27-8-6-7-23(29(24)27)31(42)44-2/h6-14,17,19H,3-5,15-16,18H2,1-2H3. The van der Waals surface area contributed by atoms with Gasteiger partial charge in [-0.1, -0.05) is 37.3 Å². The Hall–Kier alpha value is -4.93. The van der Waals surface area contributed by atoms with Gasteiger partial charge in [-0.25, -0.2) is 14.6 Å². The largest absolute Gasteiger partial charge is 0.465 e. The molecule has 1 fully saturated rings. The molecule has 1 aliphatic heterocycles. The molecule has 0 bridgehead atoms. The van der Waals surface area contributed by atoms with Crippen molar-refractivity contribution in [2.75, 3.05) is 20.2 Å². The van der Waals surface area contributed by atoms with Gasteiger partial charge >= 0.3 is 18.2 Å². The molecule has 0 aliphatic carbocycles. The highest BCUT2D eigenvalue weighted by atomic mass is 19.4. The summed E-state index contributed by atoms with van der Waals surface area (Å²) in [7, 11) is 1.26. The van der Waals surface area contributed by atoms with E-state index in [1.54, 1.807) is 47.4 Å². The predicted molar refractivity (Wildman–Crippen MR) is 158 cm³/mol. The van der Waals surface area contributed by atoms with Crippen molar-refractivity contribution in [3.63, 3.8) is 0 Å². The molecule has 0 N–H and O–H groups in total. The highest BCUT2D eigenvalue weighted by molar-refractivity contribution is 6.21. The van der Waals surface area contributed by atoms with Crippen LogP contribution < -0.4 is 0 Å². The molecule has 0 spiro atoms. The highest BCUT2D eigenvalue weighted by Crippen LogP contribution is 2.32. The lowest BCUT2D eigenvalue weighted by molar-refractivity contribution is -0.137. The summed E-state index contributed by atoms with van der Waals surface area (Å²) in [6.07, 6.45) is -0.638. The van der Waals surface area contributed by atoms with Crippen molar-refractivity contribution in [3.05, 3.63) is 101 Å². The van der Waals surface area contributed by atoms with Crippen molar-refractivity contribution >= 4 is 39.7 Å². The van der Waals surface area contributed by atoms with Crippen molar-refractivity contribution in [3.8, 4) is 0 Å². The maximum absolute atomic E-state index is 13.9. The number of halogens is 3. The number of amides is 1. The molecule has 1 saturated heterocycles. The van der Waals surface area contributed by atoms with E-state index in [1.807, 2.05) is 11.5 Å². The molecule has 11 heteroatoms. The molecule has 44 heavy (non-hydrogen) atoms.